The van der Waals surface area contributed by atoms with Crippen LogP contribution < -0.4 is 5.32 Å². The van der Waals surface area contributed by atoms with E-state index < -0.39 is 10.7 Å². The Bertz CT molecular complexity index is 465. The fraction of sp³-hybridized carbons (Fsp3) is 0.571. The van der Waals surface area contributed by atoms with Crippen LogP contribution in [0.1, 0.15) is 31.7 Å². The Kier molecular flexibility index (Phi) is 4.47. The fourth-order valence-corrected chi connectivity index (χ4v) is 2.77. The van der Waals surface area contributed by atoms with Gasteiger partial charge in [0.05, 0.1) is 11.0 Å². The molecule has 1 saturated carbocycles. The molecule has 2 atom stereocenters. The largest absolute Gasteiger partial charge is 0.312 e. The summed E-state index contributed by atoms with van der Waals surface area (Å²) in [6.45, 7) is 3.63. The SMILES string of the molecule is CC1CCC(CNCc2cc(F)cc([N+](=O)[O-])c2)C1. The van der Waals surface area contributed by atoms with Crippen molar-refractivity contribution in [3.8, 4) is 0 Å². The zero-order valence-electron chi connectivity index (χ0n) is 11.1. The second-order valence-electron chi connectivity index (χ2n) is 5.49. The lowest BCUT2D eigenvalue weighted by Crippen LogP contribution is -2.21. The molecule has 0 aliphatic heterocycles. The minimum absolute atomic E-state index is 0.189. The predicted molar refractivity (Wildman–Crippen MR) is 71.3 cm³/mol. The molecule has 1 aliphatic carbocycles. The van der Waals surface area contributed by atoms with Crippen molar-refractivity contribution in [2.24, 2.45) is 11.8 Å². The topological polar surface area (TPSA) is 55.2 Å². The lowest BCUT2D eigenvalue weighted by atomic mass is 10.1. The van der Waals surface area contributed by atoms with Crippen LogP contribution in [0, 0.1) is 27.8 Å². The first kappa shape index (κ1) is 13.9. The third-order valence-electron chi connectivity index (χ3n) is 3.72. The number of halogens is 1. The summed E-state index contributed by atoms with van der Waals surface area (Å²) in [5.74, 6) is 0.918. The van der Waals surface area contributed by atoms with Crippen molar-refractivity contribution in [3.63, 3.8) is 0 Å². The predicted octanol–water partition coefficient (Wildman–Crippen LogP) is 3.26. The van der Waals surface area contributed by atoms with E-state index in [9.17, 15) is 14.5 Å². The number of non-ortho nitro benzene ring substituents is 1. The molecule has 0 aromatic heterocycles. The summed E-state index contributed by atoms with van der Waals surface area (Å²) in [6, 6.07) is 3.72. The molecular formula is C14H19FN2O2. The molecule has 104 valence electrons. The van der Waals surface area contributed by atoms with E-state index in [0.29, 0.717) is 18.0 Å². The van der Waals surface area contributed by atoms with Crippen molar-refractivity contribution in [3.05, 3.63) is 39.7 Å². The summed E-state index contributed by atoms with van der Waals surface area (Å²) < 4.78 is 13.2. The zero-order valence-corrected chi connectivity index (χ0v) is 11.1. The minimum atomic E-state index is -0.564. The van der Waals surface area contributed by atoms with Gasteiger partial charge in [-0.25, -0.2) is 4.39 Å². The molecule has 0 amide bonds. The maximum absolute atomic E-state index is 13.2. The normalized spacial score (nSPS) is 22.6. The number of rotatable bonds is 5. The Morgan fingerprint density at radius 2 is 2.21 bits per heavy atom. The van der Waals surface area contributed by atoms with Gasteiger partial charge in [-0.05, 0) is 42.9 Å². The Hall–Kier alpha value is -1.49. The average molecular weight is 266 g/mol. The van der Waals surface area contributed by atoms with Gasteiger partial charge in [-0.2, -0.15) is 0 Å². The Morgan fingerprint density at radius 3 is 2.84 bits per heavy atom. The van der Waals surface area contributed by atoms with Crippen LogP contribution in [0.25, 0.3) is 0 Å². The van der Waals surface area contributed by atoms with Crippen LogP contribution in [0.15, 0.2) is 18.2 Å². The van der Waals surface area contributed by atoms with Crippen molar-refractivity contribution in [1.29, 1.82) is 0 Å². The summed E-state index contributed by atoms with van der Waals surface area (Å²) in [7, 11) is 0. The molecule has 1 aliphatic rings. The van der Waals surface area contributed by atoms with Crippen molar-refractivity contribution in [2.45, 2.75) is 32.7 Å². The number of nitrogens with one attached hydrogen (secondary N) is 1. The lowest BCUT2D eigenvalue weighted by Gasteiger charge is -2.11. The molecule has 1 N–H and O–H groups in total. The first-order valence-corrected chi connectivity index (χ1v) is 6.69. The molecule has 0 heterocycles. The van der Waals surface area contributed by atoms with Gasteiger partial charge < -0.3 is 5.32 Å². The quantitative estimate of drug-likeness (QED) is 0.657. The maximum Gasteiger partial charge on any atom is 0.272 e. The number of benzene rings is 1. The van der Waals surface area contributed by atoms with Crippen molar-refractivity contribution in [2.75, 3.05) is 6.54 Å². The van der Waals surface area contributed by atoms with E-state index in [1.807, 2.05) is 0 Å². The molecule has 1 fully saturated rings. The minimum Gasteiger partial charge on any atom is -0.312 e. The number of nitro groups is 1. The van der Waals surface area contributed by atoms with Crippen LogP contribution in [0.4, 0.5) is 10.1 Å². The monoisotopic (exact) mass is 266 g/mol. The summed E-state index contributed by atoms with van der Waals surface area (Å²) in [5, 5.41) is 13.9. The van der Waals surface area contributed by atoms with Gasteiger partial charge in [0.25, 0.3) is 5.69 Å². The molecule has 1 aromatic carbocycles. The first-order chi connectivity index (χ1) is 9.04. The molecule has 0 spiro atoms. The van der Waals surface area contributed by atoms with Gasteiger partial charge in [0, 0.05) is 12.6 Å². The summed E-state index contributed by atoms with van der Waals surface area (Å²) >= 11 is 0. The van der Waals surface area contributed by atoms with E-state index in [1.165, 1.54) is 31.4 Å². The Morgan fingerprint density at radius 1 is 1.42 bits per heavy atom. The Balaban J connectivity index is 1.87. The van der Waals surface area contributed by atoms with Gasteiger partial charge in [0.15, 0.2) is 0 Å². The third kappa shape index (κ3) is 3.99. The third-order valence-corrected chi connectivity index (χ3v) is 3.72. The highest BCUT2D eigenvalue weighted by Crippen LogP contribution is 2.29. The van der Waals surface area contributed by atoms with E-state index in [4.69, 9.17) is 0 Å². The van der Waals surface area contributed by atoms with Crippen molar-refractivity contribution < 1.29 is 9.31 Å². The lowest BCUT2D eigenvalue weighted by molar-refractivity contribution is -0.385. The van der Waals surface area contributed by atoms with Crippen LogP contribution >= 0.6 is 0 Å². The first-order valence-electron chi connectivity index (χ1n) is 6.69. The highest BCUT2D eigenvalue weighted by molar-refractivity contribution is 5.35. The highest BCUT2D eigenvalue weighted by atomic mass is 19.1. The van der Waals surface area contributed by atoms with E-state index in [2.05, 4.69) is 12.2 Å². The molecule has 0 radical (unpaired) electrons. The standard InChI is InChI=1S/C14H19FN2O2/c1-10-2-3-11(4-10)8-16-9-12-5-13(15)7-14(6-12)17(18)19/h5-7,10-11,16H,2-4,8-9H2,1H3. The number of hydrogen-bond donors (Lipinski definition) is 1. The highest BCUT2D eigenvalue weighted by Gasteiger charge is 2.20. The second-order valence-corrected chi connectivity index (χ2v) is 5.49. The van der Waals surface area contributed by atoms with E-state index in [1.54, 1.807) is 0 Å². The fourth-order valence-electron chi connectivity index (χ4n) is 2.77. The average Bonchev–Trinajstić information content (AvgIpc) is 2.74. The molecule has 0 saturated heterocycles. The van der Waals surface area contributed by atoms with Gasteiger partial charge >= 0.3 is 0 Å². The summed E-state index contributed by atoms with van der Waals surface area (Å²) in [4.78, 5) is 10.1. The van der Waals surface area contributed by atoms with E-state index >= 15 is 0 Å². The number of nitrogens with zero attached hydrogens (tertiary/aromatic N) is 1. The van der Waals surface area contributed by atoms with Gasteiger partial charge in [0.1, 0.15) is 5.82 Å². The van der Waals surface area contributed by atoms with Crippen LogP contribution in [-0.2, 0) is 6.54 Å². The van der Waals surface area contributed by atoms with Crippen LogP contribution in [0.3, 0.4) is 0 Å². The molecule has 4 nitrogen and oxygen atoms in total. The molecule has 5 heteroatoms. The van der Waals surface area contributed by atoms with Crippen LogP contribution in [-0.4, -0.2) is 11.5 Å². The Labute approximate surface area is 112 Å². The smallest absolute Gasteiger partial charge is 0.272 e. The molecule has 19 heavy (non-hydrogen) atoms. The molecule has 0 bridgehead atoms. The number of nitro benzene ring substituents is 1. The van der Waals surface area contributed by atoms with E-state index in [-0.39, 0.29) is 5.69 Å². The van der Waals surface area contributed by atoms with Gasteiger partial charge in [-0.15, -0.1) is 0 Å². The summed E-state index contributed by atoms with van der Waals surface area (Å²) in [5.41, 5.74) is 0.434. The second kappa shape index (κ2) is 6.10. The zero-order chi connectivity index (χ0) is 13.8. The van der Waals surface area contributed by atoms with Gasteiger partial charge in [-0.1, -0.05) is 13.3 Å². The molecule has 1 aromatic rings. The molecule has 2 rings (SSSR count). The van der Waals surface area contributed by atoms with Crippen molar-refractivity contribution >= 4 is 5.69 Å². The van der Waals surface area contributed by atoms with Gasteiger partial charge in [0.2, 0.25) is 0 Å². The molecule has 2 unspecified atom stereocenters. The van der Waals surface area contributed by atoms with E-state index in [0.717, 1.165) is 18.5 Å². The van der Waals surface area contributed by atoms with Gasteiger partial charge in [-0.3, -0.25) is 10.1 Å². The summed E-state index contributed by atoms with van der Waals surface area (Å²) in [6.07, 6.45) is 3.74. The van der Waals surface area contributed by atoms with Crippen molar-refractivity contribution in [1.82, 2.24) is 5.32 Å². The molecular weight excluding hydrogens is 247 g/mol. The number of hydrogen-bond acceptors (Lipinski definition) is 3. The van der Waals surface area contributed by atoms with Crippen LogP contribution in [0.5, 0.6) is 0 Å². The van der Waals surface area contributed by atoms with Crippen LogP contribution in [0.2, 0.25) is 0 Å². The maximum atomic E-state index is 13.2.